The van der Waals surface area contributed by atoms with Crippen molar-refractivity contribution in [2.75, 3.05) is 13.1 Å². The predicted octanol–water partition coefficient (Wildman–Crippen LogP) is 1.41. The van der Waals surface area contributed by atoms with Crippen molar-refractivity contribution in [1.29, 1.82) is 0 Å². The van der Waals surface area contributed by atoms with Crippen LogP contribution in [-0.4, -0.2) is 48.4 Å². The van der Waals surface area contributed by atoms with E-state index in [1.165, 1.54) is 0 Å². The number of carbonyl (C=O) groups excluding carboxylic acids is 1. The molecule has 7 nitrogen and oxygen atoms in total. The van der Waals surface area contributed by atoms with Crippen LogP contribution >= 0.6 is 0 Å². The fraction of sp³-hybridized carbons (Fsp3) is 0.600. The molecule has 118 valence electrons. The molecule has 0 aliphatic carbocycles. The maximum Gasteiger partial charge on any atom is 0.274 e. The number of likely N-dealkylation sites (tertiary alicyclic amines) is 1. The van der Waals surface area contributed by atoms with E-state index in [1.54, 1.807) is 4.68 Å². The van der Waals surface area contributed by atoms with Crippen LogP contribution in [-0.2, 0) is 7.05 Å². The summed E-state index contributed by atoms with van der Waals surface area (Å²) in [6, 6.07) is 2.04. The zero-order valence-electron chi connectivity index (χ0n) is 13.6. The summed E-state index contributed by atoms with van der Waals surface area (Å²) >= 11 is 0. The Morgan fingerprint density at radius 2 is 2.05 bits per heavy atom. The van der Waals surface area contributed by atoms with Crippen LogP contribution in [0.4, 0.5) is 0 Å². The lowest BCUT2D eigenvalue weighted by atomic mass is 10.1. The number of aromatic nitrogens is 5. The van der Waals surface area contributed by atoms with E-state index in [-0.39, 0.29) is 11.9 Å². The van der Waals surface area contributed by atoms with Crippen LogP contribution in [0.25, 0.3) is 0 Å². The summed E-state index contributed by atoms with van der Waals surface area (Å²) in [5.41, 5.74) is 1.51. The molecule has 3 heterocycles. The molecule has 1 unspecified atom stereocenters. The maximum absolute atomic E-state index is 12.6. The monoisotopic (exact) mass is 302 g/mol. The largest absolute Gasteiger partial charge is 0.335 e. The predicted molar refractivity (Wildman–Crippen MR) is 81.6 cm³/mol. The molecule has 0 aromatic carbocycles. The molecule has 0 radical (unpaired) electrons. The second-order valence-electron chi connectivity index (χ2n) is 5.99. The zero-order valence-corrected chi connectivity index (χ0v) is 13.6. The minimum atomic E-state index is 0.00268. The smallest absolute Gasteiger partial charge is 0.274 e. The quantitative estimate of drug-likeness (QED) is 0.841. The summed E-state index contributed by atoms with van der Waals surface area (Å²) in [5.74, 6) is 1.69. The topological polar surface area (TPSA) is 68.8 Å². The standard InChI is InChI=1S/C15H22N6O/c1-10-8-14(18-19(10)4)15(22)20-7-5-6-13(9-20)21-12(3)16-11(2)17-21/h8,13H,5-7,9H2,1-4H3. The summed E-state index contributed by atoms with van der Waals surface area (Å²) in [5, 5.41) is 8.76. The van der Waals surface area contributed by atoms with Crippen LogP contribution in [0.3, 0.4) is 0 Å². The van der Waals surface area contributed by atoms with E-state index in [1.807, 2.05) is 43.5 Å². The van der Waals surface area contributed by atoms with Gasteiger partial charge in [-0.2, -0.15) is 10.2 Å². The minimum absolute atomic E-state index is 0.00268. The van der Waals surface area contributed by atoms with Crippen molar-refractivity contribution < 1.29 is 4.79 Å². The highest BCUT2D eigenvalue weighted by molar-refractivity contribution is 5.92. The number of hydrogen-bond donors (Lipinski definition) is 0. The molecule has 0 spiro atoms. The first-order chi connectivity index (χ1) is 10.5. The Morgan fingerprint density at radius 3 is 2.64 bits per heavy atom. The van der Waals surface area contributed by atoms with Gasteiger partial charge in [0, 0.05) is 25.8 Å². The fourth-order valence-electron chi connectivity index (χ4n) is 3.05. The van der Waals surface area contributed by atoms with Crippen molar-refractivity contribution in [1.82, 2.24) is 29.4 Å². The lowest BCUT2D eigenvalue weighted by Crippen LogP contribution is -2.41. The third-order valence-corrected chi connectivity index (χ3v) is 4.27. The van der Waals surface area contributed by atoms with Gasteiger partial charge < -0.3 is 4.90 Å². The van der Waals surface area contributed by atoms with E-state index in [9.17, 15) is 4.79 Å². The van der Waals surface area contributed by atoms with Crippen LogP contribution in [0.15, 0.2) is 6.07 Å². The Hall–Kier alpha value is -2.18. The van der Waals surface area contributed by atoms with E-state index in [0.717, 1.165) is 36.7 Å². The van der Waals surface area contributed by atoms with Crippen molar-refractivity contribution >= 4 is 5.91 Å². The van der Waals surface area contributed by atoms with E-state index in [4.69, 9.17) is 0 Å². The van der Waals surface area contributed by atoms with Crippen LogP contribution in [0.2, 0.25) is 0 Å². The van der Waals surface area contributed by atoms with Gasteiger partial charge in [0.2, 0.25) is 0 Å². The molecule has 1 amide bonds. The second-order valence-corrected chi connectivity index (χ2v) is 5.99. The third-order valence-electron chi connectivity index (χ3n) is 4.27. The molecule has 1 fully saturated rings. The molecular formula is C15H22N6O. The summed E-state index contributed by atoms with van der Waals surface area (Å²) < 4.78 is 3.69. The first-order valence-electron chi connectivity index (χ1n) is 7.65. The van der Waals surface area contributed by atoms with Gasteiger partial charge in [-0.3, -0.25) is 9.48 Å². The van der Waals surface area contributed by atoms with Gasteiger partial charge >= 0.3 is 0 Å². The number of carbonyl (C=O) groups is 1. The third kappa shape index (κ3) is 2.63. The Morgan fingerprint density at radius 1 is 1.27 bits per heavy atom. The fourth-order valence-corrected chi connectivity index (χ4v) is 3.05. The zero-order chi connectivity index (χ0) is 15.9. The van der Waals surface area contributed by atoms with Crippen molar-refractivity contribution in [3.63, 3.8) is 0 Å². The van der Waals surface area contributed by atoms with E-state index < -0.39 is 0 Å². The van der Waals surface area contributed by atoms with E-state index >= 15 is 0 Å². The molecule has 7 heteroatoms. The first-order valence-corrected chi connectivity index (χ1v) is 7.65. The average molecular weight is 302 g/mol. The average Bonchev–Trinajstić information content (AvgIpc) is 3.00. The molecular weight excluding hydrogens is 280 g/mol. The number of amides is 1. The van der Waals surface area contributed by atoms with Gasteiger partial charge in [0.05, 0.1) is 6.04 Å². The Balaban J connectivity index is 1.78. The molecule has 1 aliphatic heterocycles. The maximum atomic E-state index is 12.6. The van der Waals surface area contributed by atoms with Crippen LogP contribution < -0.4 is 0 Å². The highest BCUT2D eigenvalue weighted by Crippen LogP contribution is 2.23. The summed E-state index contributed by atoms with van der Waals surface area (Å²) in [4.78, 5) is 18.9. The van der Waals surface area contributed by atoms with Crippen molar-refractivity contribution in [3.8, 4) is 0 Å². The normalized spacial score (nSPS) is 18.7. The number of piperidine rings is 1. The van der Waals surface area contributed by atoms with Crippen molar-refractivity contribution in [2.24, 2.45) is 7.05 Å². The van der Waals surface area contributed by atoms with Gasteiger partial charge in [0.1, 0.15) is 11.6 Å². The molecule has 22 heavy (non-hydrogen) atoms. The van der Waals surface area contributed by atoms with Crippen LogP contribution in [0.1, 0.15) is 46.7 Å². The second kappa shape index (κ2) is 5.55. The minimum Gasteiger partial charge on any atom is -0.335 e. The highest BCUT2D eigenvalue weighted by atomic mass is 16.2. The van der Waals surface area contributed by atoms with E-state index in [0.29, 0.717) is 12.2 Å². The van der Waals surface area contributed by atoms with Crippen molar-refractivity contribution in [3.05, 3.63) is 29.1 Å². The van der Waals surface area contributed by atoms with Gasteiger partial charge in [-0.15, -0.1) is 0 Å². The molecule has 1 saturated heterocycles. The van der Waals surface area contributed by atoms with Crippen LogP contribution in [0.5, 0.6) is 0 Å². The summed E-state index contributed by atoms with van der Waals surface area (Å²) in [7, 11) is 1.85. The SMILES string of the molecule is Cc1nc(C)n(C2CCCN(C(=O)c3cc(C)n(C)n3)C2)n1. The number of rotatable bonds is 2. The van der Waals surface area contributed by atoms with Gasteiger partial charge in [-0.05, 0) is 39.7 Å². The van der Waals surface area contributed by atoms with Crippen molar-refractivity contribution in [2.45, 2.75) is 39.7 Å². The Bertz CT molecular complexity index is 681. The number of hydrogen-bond acceptors (Lipinski definition) is 4. The molecule has 0 saturated carbocycles. The number of nitrogens with zero attached hydrogens (tertiary/aromatic N) is 6. The molecule has 0 bridgehead atoms. The highest BCUT2D eigenvalue weighted by Gasteiger charge is 2.28. The molecule has 3 rings (SSSR count). The first kappa shape index (κ1) is 14.7. The lowest BCUT2D eigenvalue weighted by molar-refractivity contribution is 0.0664. The Labute approximate surface area is 129 Å². The van der Waals surface area contributed by atoms with E-state index in [2.05, 4.69) is 15.2 Å². The molecule has 1 atom stereocenters. The van der Waals surface area contributed by atoms with Crippen LogP contribution in [0, 0.1) is 20.8 Å². The van der Waals surface area contributed by atoms with Gasteiger partial charge in [-0.25, -0.2) is 9.67 Å². The summed E-state index contributed by atoms with van der Waals surface area (Å²) in [6.45, 7) is 7.24. The number of aryl methyl sites for hydroxylation is 4. The molecule has 2 aromatic heterocycles. The molecule has 2 aromatic rings. The van der Waals surface area contributed by atoms with Gasteiger partial charge in [0.25, 0.3) is 5.91 Å². The molecule has 0 N–H and O–H groups in total. The Kier molecular flexibility index (Phi) is 3.72. The van der Waals surface area contributed by atoms with Gasteiger partial charge in [0.15, 0.2) is 5.69 Å². The molecule has 1 aliphatic rings. The van der Waals surface area contributed by atoms with Gasteiger partial charge in [-0.1, -0.05) is 0 Å². The lowest BCUT2D eigenvalue weighted by Gasteiger charge is -2.32. The summed E-state index contributed by atoms with van der Waals surface area (Å²) in [6.07, 6.45) is 2.00.